The molecule has 0 aliphatic carbocycles. The van der Waals surface area contributed by atoms with Crippen molar-refractivity contribution >= 4 is 29.1 Å². The zero-order valence-corrected chi connectivity index (χ0v) is 13.2. The van der Waals surface area contributed by atoms with Gasteiger partial charge in [0.1, 0.15) is 6.54 Å². The molecule has 1 atom stereocenters. The summed E-state index contributed by atoms with van der Waals surface area (Å²) in [6.07, 6.45) is 7.46. The molecule has 1 unspecified atom stereocenters. The van der Waals surface area contributed by atoms with Gasteiger partial charge < -0.3 is 15.0 Å². The Hall–Kier alpha value is -2.48. The largest absolute Gasteiger partial charge is 0.389 e. The van der Waals surface area contributed by atoms with Gasteiger partial charge in [-0.1, -0.05) is 12.1 Å². The fraction of sp³-hybridized carbons (Fsp3) is 0.333. The number of likely N-dealkylation sites (tertiary alicyclic amines) is 1. The zero-order valence-electron chi connectivity index (χ0n) is 12.4. The van der Waals surface area contributed by atoms with Crippen molar-refractivity contribution in [1.82, 2.24) is 14.7 Å². The van der Waals surface area contributed by atoms with Crippen molar-refractivity contribution in [3.8, 4) is 0 Å². The monoisotopic (exact) mass is 332 g/mol. The molecule has 1 aliphatic rings. The van der Waals surface area contributed by atoms with Crippen molar-refractivity contribution in [1.29, 1.82) is 0 Å². The van der Waals surface area contributed by atoms with Gasteiger partial charge in [-0.2, -0.15) is 4.68 Å². The predicted octanol–water partition coefficient (Wildman–Crippen LogP) is 2.56. The van der Waals surface area contributed by atoms with Crippen molar-refractivity contribution in [3.63, 3.8) is 0 Å². The van der Waals surface area contributed by atoms with E-state index in [0.717, 1.165) is 17.7 Å². The van der Waals surface area contributed by atoms with Crippen LogP contribution < -0.4 is 0 Å². The minimum absolute atomic E-state index is 0.0250. The molecule has 2 aromatic rings. The Morgan fingerprint density at radius 1 is 1.52 bits per heavy atom. The number of nitrogens with zero attached hydrogens (tertiary/aromatic N) is 4. The lowest BCUT2D eigenvalue weighted by atomic mass is 10.2. The van der Waals surface area contributed by atoms with Crippen LogP contribution in [0.4, 0.5) is 5.82 Å². The van der Waals surface area contributed by atoms with Gasteiger partial charge in [-0.05, 0) is 35.3 Å². The molecule has 3 rings (SSSR count). The molecule has 0 spiro atoms. The highest BCUT2D eigenvalue weighted by Gasteiger charge is 2.27. The van der Waals surface area contributed by atoms with Crippen molar-refractivity contribution in [2.24, 2.45) is 0 Å². The van der Waals surface area contributed by atoms with Crippen molar-refractivity contribution in [2.75, 3.05) is 6.54 Å². The lowest BCUT2D eigenvalue weighted by molar-refractivity contribution is -0.389. The minimum atomic E-state index is -0.566. The molecular weight excluding hydrogens is 316 g/mol. The van der Waals surface area contributed by atoms with Crippen LogP contribution in [0.25, 0.3) is 6.08 Å². The van der Waals surface area contributed by atoms with Gasteiger partial charge in [0.2, 0.25) is 5.91 Å². The van der Waals surface area contributed by atoms with E-state index >= 15 is 0 Å². The maximum atomic E-state index is 12.4. The summed E-state index contributed by atoms with van der Waals surface area (Å²) in [6.45, 7) is 0.735. The molecule has 23 heavy (non-hydrogen) atoms. The lowest BCUT2D eigenvalue weighted by Crippen LogP contribution is -2.36. The second kappa shape index (κ2) is 6.74. The van der Waals surface area contributed by atoms with Crippen LogP contribution in [0.3, 0.4) is 0 Å². The topological polar surface area (TPSA) is 81.3 Å². The number of nitro groups is 1. The fourth-order valence-electron chi connectivity index (χ4n) is 2.66. The summed E-state index contributed by atoms with van der Waals surface area (Å²) in [7, 11) is 0. The van der Waals surface area contributed by atoms with Crippen LogP contribution in [0.2, 0.25) is 0 Å². The Labute approximate surface area is 137 Å². The van der Waals surface area contributed by atoms with Gasteiger partial charge in [-0.25, -0.2) is 0 Å². The quantitative estimate of drug-likeness (QED) is 0.622. The molecule has 0 N–H and O–H groups in total. The van der Waals surface area contributed by atoms with Crippen molar-refractivity contribution in [3.05, 3.63) is 50.8 Å². The van der Waals surface area contributed by atoms with Gasteiger partial charge in [-0.3, -0.25) is 4.79 Å². The summed E-state index contributed by atoms with van der Waals surface area (Å²) < 4.78 is 1.32. The normalized spacial score (nSPS) is 17.9. The molecule has 3 heterocycles. The van der Waals surface area contributed by atoms with Crippen LogP contribution in [-0.4, -0.2) is 38.1 Å². The molecule has 0 bridgehead atoms. The first kappa shape index (κ1) is 15.4. The number of hydrogen-bond acceptors (Lipinski definition) is 5. The van der Waals surface area contributed by atoms with Gasteiger partial charge in [0.05, 0.1) is 23.4 Å². The predicted molar refractivity (Wildman–Crippen MR) is 87.0 cm³/mol. The summed E-state index contributed by atoms with van der Waals surface area (Å²) in [5, 5.41) is 16.4. The van der Waals surface area contributed by atoms with E-state index in [1.807, 2.05) is 28.5 Å². The number of rotatable bonds is 5. The van der Waals surface area contributed by atoms with Gasteiger partial charge in [0, 0.05) is 11.4 Å². The number of hydrogen-bond donors (Lipinski definition) is 0. The number of carbonyl (C=O) groups excluding carboxylic acids is 1. The second-order valence-electron chi connectivity index (χ2n) is 5.30. The molecule has 0 saturated carbocycles. The smallest absolute Gasteiger partial charge is 0.358 e. The SMILES string of the molecule is O=C(Cn1ccc([N+](=O)[O-])n1)N1CCCC1C=Cc1cccs1. The van der Waals surface area contributed by atoms with E-state index in [1.54, 1.807) is 11.3 Å². The van der Waals surface area contributed by atoms with Crippen LogP contribution in [0.5, 0.6) is 0 Å². The van der Waals surface area contributed by atoms with E-state index in [4.69, 9.17) is 0 Å². The van der Waals surface area contributed by atoms with Gasteiger partial charge >= 0.3 is 5.82 Å². The fourth-order valence-corrected chi connectivity index (χ4v) is 3.29. The minimum Gasteiger partial charge on any atom is -0.358 e. The van der Waals surface area contributed by atoms with Gasteiger partial charge in [0.25, 0.3) is 0 Å². The van der Waals surface area contributed by atoms with E-state index in [9.17, 15) is 14.9 Å². The molecule has 8 heteroatoms. The Kier molecular flexibility index (Phi) is 4.52. The van der Waals surface area contributed by atoms with E-state index in [-0.39, 0.29) is 24.3 Å². The molecule has 2 aromatic heterocycles. The first-order valence-corrected chi connectivity index (χ1v) is 8.20. The van der Waals surface area contributed by atoms with Crippen LogP contribution in [0, 0.1) is 10.1 Å². The van der Waals surface area contributed by atoms with Crippen LogP contribution in [-0.2, 0) is 11.3 Å². The standard InChI is InChI=1S/C15H16N4O3S/c20-15(11-17-9-7-14(16-17)19(21)22)18-8-1-3-12(18)5-6-13-4-2-10-23-13/h2,4-7,9-10,12H,1,3,8,11H2. The number of aromatic nitrogens is 2. The van der Waals surface area contributed by atoms with Crippen LogP contribution in [0.15, 0.2) is 35.9 Å². The Bertz CT molecular complexity index is 723. The van der Waals surface area contributed by atoms with E-state index < -0.39 is 4.92 Å². The molecule has 0 radical (unpaired) electrons. The number of amides is 1. The molecule has 1 saturated heterocycles. The Balaban J connectivity index is 1.64. The summed E-state index contributed by atoms with van der Waals surface area (Å²) in [5.41, 5.74) is 0. The zero-order chi connectivity index (χ0) is 16.2. The van der Waals surface area contributed by atoms with Gasteiger partial charge in [0.15, 0.2) is 0 Å². The summed E-state index contributed by atoms with van der Waals surface area (Å²) in [5.74, 6) is -0.310. The van der Waals surface area contributed by atoms with Gasteiger partial charge in [-0.15, -0.1) is 11.3 Å². The first-order valence-electron chi connectivity index (χ1n) is 7.32. The molecule has 1 fully saturated rings. The number of thiophene rings is 1. The van der Waals surface area contributed by atoms with E-state index in [1.165, 1.54) is 16.9 Å². The molecule has 0 aromatic carbocycles. The first-order chi connectivity index (χ1) is 11.1. The average Bonchev–Trinajstić information content (AvgIpc) is 3.26. The van der Waals surface area contributed by atoms with Crippen LogP contribution in [0.1, 0.15) is 17.7 Å². The lowest BCUT2D eigenvalue weighted by Gasteiger charge is -2.21. The van der Waals surface area contributed by atoms with Crippen molar-refractivity contribution in [2.45, 2.75) is 25.4 Å². The highest BCUT2D eigenvalue weighted by atomic mass is 32.1. The third-order valence-electron chi connectivity index (χ3n) is 3.76. The molecular formula is C15H16N4O3S. The molecule has 1 amide bonds. The average molecular weight is 332 g/mol. The highest BCUT2D eigenvalue weighted by Crippen LogP contribution is 2.21. The highest BCUT2D eigenvalue weighted by molar-refractivity contribution is 7.10. The Morgan fingerprint density at radius 3 is 3.09 bits per heavy atom. The second-order valence-corrected chi connectivity index (χ2v) is 6.28. The van der Waals surface area contributed by atoms with E-state index in [0.29, 0.717) is 6.54 Å². The van der Waals surface area contributed by atoms with Crippen molar-refractivity contribution < 1.29 is 9.72 Å². The molecule has 7 nitrogen and oxygen atoms in total. The maximum Gasteiger partial charge on any atom is 0.389 e. The summed E-state index contributed by atoms with van der Waals surface area (Å²) in [4.78, 5) is 25.5. The third-order valence-corrected chi connectivity index (χ3v) is 4.59. The van der Waals surface area contributed by atoms with Crippen LogP contribution >= 0.6 is 11.3 Å². The molecule has 1 aliphatic heterocycles. The third kappa shape index (κ3) is 3.65. The number of carbonyl (C=O) groups is 1. The molecule has 120 valence electrons. The Morgan fingerprint density at radius 2 is 2.39 bits per heavy atom. The summed E-state index contributed by atoms with van der Waals surface area (Å²) in [6, 6.07) is 5.40. The summed E-state index contributed by atoms with van der Waals surface area (Å²) >= 11 is 1.66. The maximum absolute atomic E-state index is 12.4. The van der Waals surface area contributed by atoms with E-state index in [2.05, 4.69) is 11.2 Å².